The maximum Gasteiger partial charge on any atom is 0.0656 e. The quantitative estimate of drug-likeness (QED) is 0.272. The van der Waals surface area contributed by atoms with E-state index in [0.717, 1.165) is 6.54 Å². The summed E-state index contributed by atoms with van der Waals surface area (Å²) in [4.78, 5) is 0. The fourth-order valence-electron chi connectivity index (χ4n) is 4.87. The van der Waals surface area contributed by atoms with Gasteiger partial charge in [0.1, 0.15) is 0 Å². The van der Waals surface area contributed by atoms with Crippen molar-refractivity contribution in [2.45, 2.75) is 25.8 Å². The molecule has 2 N–H and O–H groups in total. The van der Waals surface area contributed by atoms with Crippen molar-refractivity contribution in [2.24, 2.45) is 0 Å². The van der Waals surface area contributed by atoms with Gasteiger partial charge in [0.2, 0.25) is 0 Å². The first-order chi connectivity index (χ1) is 15.2. The normalized spacial score (nSPS) is 13.5. The minimum absolute atomic E-state index is 0.0571. The molecule has 0 fully saturated rings. The highest BCUT2D eigenvalue weighted by atomic mass is 15.1. The molecule has 154 valence electrons. The summed E-state index contributed by atoms with van der Waals surface area (Å²) in [5.41, 5.74) is 10.4. The van der Waals surface area contributed by atoms with E-state index in [1.165, 1.54) is 44.6 Å². The largest absolute Gasteiger partial charge is 0.372 e. The SMILES string of the molecule is CC1(C)c2ccccc2-c2ccc(-c3ccccc3)c(NCNCc3ccccc3)c21. The van der Waals surface area contributed by atoms with Crippen LogP contribution in [0.25, 0.3) is 22.3 Å². The number of hydrogen-bond acceptors (Lipinski definition) is 2. The third-order valence-corrected chi connectivity index (χ3v) is 6.37. The number of rotatable bonds is 6. The molecule has 0 aromatic heterocycles. The van der Waals surface area contributed by atoms with E-state index < -0.39 is 0 Å². The Morgan fingerprint density at radius 1 is 0.645 bits per heavy atom. The Hall–Kier alpha value is -3.36. The maximum atomic E-state index is 3.76. The summed E-state index contributed by atoms with van der Waals surface area (Å²) in [6.07, 6.45) is 0. The summed E-state index contributed by atoms with van der Waals surface area (Å²) >= 11 is 0. The Balaban J connectivity index is 1.53. The fraction of sp³-hybridized carbons (Fsp3) is 0.172. The maximum absolute atomic E-state index is 3.76. The van der Waals surface area contributed by atoms with E-state index in [9.17, 15) is 0 Å². The lowest BCUT2D eigenvalue weighted by Gasteiger charge is -2.27. The van der Waals surface area contributed by atoms with E-state index >= 15 is 0 Å². The molecule has 0 spiro atoms. The van der Waals surface area contributed by atoms with Crippen molar-refractivity contribution in [3.8, 4) is 22.3 Å². The van der Waals surface area contributed by atoms with Crippen molar-refractivity contribution in [3.63, 3.8) is 0 Å². The standard InChI is InChI=1S/C29H28N2/c1-29(2)26-16-10-9-15-24(26)25-18-17-23(22-13-7-4-8-14-22)28(27(25)29)31-20-30-19-21-11-5-3-6-12-21/h3-18,30-31H,19-20H2,1-2H3. The summed E-state index contributed by atoms with van der Waals surface area (Å²) in [6, 6.07) is 34.6. The van der Waals surface area contributed by atoms with E-state index in [4.69, 9.17) is 0 Å². The molecule has 4 aromatic carbocycles. The molecule has 4 aromatic rings. The first-order valence-electron chi connectivity index (χ1n) is 11.0. The topological polar surface area (TPSA) is 24.1 Å². The third-order valence-electron chi connectivity index (χ3n) is 6.37. The van der Waals surface area contributed by atoms with Crippen molar-refractivity contribution in [1.29, 1.82) is 0 Å². The van der Waals surface area contributed by atoms with Gasteiger partial charge in [-0.15, -0.1) is 0 Å². The molecule has 0 saturated heterocycles. The van der Waals surface area contributed by atoms with Gasteiger partial charge in [0.25, 0.3) is 0 Å². The number of fused-ring (bicyclic) bond motifs is 3. The van der Waals surface area contributed by atoms with Crippen LogP contribution < -0.4 is 10.6 Å². The number of nitrogens with one attached hydrogen (secondary N) is 2. The lowest BCUT2D eigenvalue weighted by Crippen LogP contribution is -2.24. The second-order valence-corrected chi connectivity index (χ2v) is 8.71. The zero-order valence-corrected chi connectivity index (χ0v) is 18.2. The Labute approximate surface area is 185 Å². The summed E-state index contributed by atoms with van der Waals surface area (Å²) < 4.78 is 0. The van der Waals surface area contributed by atoms with Gasteiger partial charge in [0.15, 0.2) is 0 Å². The fourth-order valence-corrected chi connectivity index (χ4v) is 4.87. The molecule has 1 aliphatic rings. The van der Waals surface area contributed by atoms with E-state index in [0.29, 0.717) is 6.67 Å². The van der Waals surface area contributed by atoms with Crippen molar-refractivity contribution in [1.82, 2.24) is 5.32 Å². The third kappa shape index (κ3) is 3.54. The molecule has 2 heteroatoms. The Morgan fingerprint density at radius 3 is 2.06 bits per heavy atom. The molecule has 0 unspecified atom stereocenters. The molecule has 2 nitrogen and oxygen atoms in total. The van der Waals surface area contributed by atoms with Crippen LogP contribution in [-0.2, 0) is 12.0 Å². The predicted molar refractivity (Wildman–Crippen MR) is 131 cm³/mol. The molecule has 0 amide bonds. The van der Waals surface area contributed by atoms with Crippen LogP contribution in [0.2, 0.25) is 0 Å². The molecular formula is C29H28N2. The van der Waals surface area contributed by atoms with Gasteiger partial charge in [-0.25, -0.2) is 0 Å². The number of anilines is 1. The first-order valence-corrected chi connectivity index (χ1v) is 11.0. The first kappa shape index (κ1) is 19.6. The minimum Gasteiger partial charge on any atom is -0.372 e. The van der Waals surface area contributed by atoms with Crippen LogP contribution in [0.5, 0.6) is 0 Å². The summed E-state index contributed by atoms with van der Waals surface area (Å²) in [5, 5.41) is 7.32. The number of benzene rings is 4. The van der Waals surface area contributed by atoms with Gasteiger partial charge in [0, 0.05) is 23.2 Å². The molecule has 0 heterocycles. The lowest BCUT2D eigenvalue weighted by atomic mass is 9.80. The summed E-state index contributed by atoms with van der Waals surface area (Å²) in [5.74, 6) is 0. The summed E-state index contributed by atoms with van der Waals surface area (Å²) in [6.45, 7) is 6.23. The summed E-state index contributed by atoms with van der Waals surface area (Å²) in [7, 11) is 0. The van der Waals surface area contributed by atoms with Gasteiger partial charge in [-0.2, -0.15) is 0 Å². The molecule has 0 saturated carbocycles. The molecule has 0 radical (unpaired) electrons. The molecule has 31 heavy (non-hydrogen) atoms. The van der Waals surface area contributed by atoms with E-state index in [-0.39, 0.29) is 5.41 Å². The predicted octanol–water partition coefficient (Wildman–Crippen LogP) is 6.82. The second kappa shape index (κ2) is 8.05. The van der Waals surface area contributed by atoms with E-state index in [1.54, 1.807) is 0 Å². The highest BCUT2D eigenvalue weighted by Gasteiger charge is 2.38. The zero-order chi connectivity index (χ0) is 21.3. The van der Waals surface area contributed by atoms with Crippen molar-refractivity contribution >= 4 is 5.69 Å². The van der Waals surface area contributed by atoms with Crippen LogP contribution >= 0.6 is 0 Å². The van der Waals surface area contributed by atoms with E-state index in [1.807, 2.05) is 0 Å². The zero-order valence-electron chi connectivity index (χ0n) is 18.2. The average Bonchev–Trinajstić information content (AvgIpc) is 3.05. The van der Waals surface area contributed by atoms with Gasteiger partial charge in [-0.05, 0) is 33.4 Å². The van der Waals surface area contributed by atoms with Crippen LogP contribution in [0, 0.1) is 0 Å². The van der Waals surface area contributed by atoms with Crippen molar-refractivity contribution in [2.75, 3.05) is 12.0 Å². The lowest BCUT2D eigenvalue weighted by molar-refractivity contribution is 0.659. The highest BCUT2D eigenvalue weighted by Crippen LogP contribution is 2.53. The van der Waals surface area contributed by atoms with Gasteiger partial charge < -0.3 is 5.32 Å². The average molecular weight is 405 g/mol. The molecular weight excluding hydrogens is 376 g/mol. The van der Waals surface area contributed by atoms with E-state index in [2.05, 4.69) is 122 Å². The smallest absolute Gasteiger partial charge is 0.0656 e. The molecule has 0 aliphatic heterocycles. The molecule has 1 aliphatic carbocycles. The van der Waals surface area contributed by atoms with Crippen molar-refractivity contribution in [3.05, 3.63) is 114 Å². The minimum atomic E-state index is -0.0571. The Morgan fingerprint density at radius 2 is 1.29 bits per heavy atom. The van der Waals surface area contributed by atoms with Gasteiger partial charge in [-0.3, -0.25) is 5.32 Å². The van der Waals surface area contributed by atoms with Crippen molar-refractivity contribution < 1.29 is 0 Å². The van der Waals surface area contributed by atoms with Gasteiger partial charge in [0.05, 0.1) is 6.67 Å². The number of hydrogen-bond donors (Lipinski definition) is 2. The Bertz CT molecular complexity index is 1190. The van der Waals surface area contributed by atoms with Gasteiger partial charge >= 0.3 is 0 Å². The molecule has 5 rings (SSSR count). The van der Waals surface area contributed by atoms with Crippen LogP contribution in [0.15, 0.2) is 97.1 Å². The second-order valence-electron chi connectivity index (χ2n) is 8.71. The monoisotopic (exact) mass is 404 g/mol. The molecule has 0 bridgehead atoms. The molecule has 0 atom stereocenters. The van der Waals surface area contributed by atoms with Gasteiger partial charge in [-0.1, -0.05) is 111 Å². The Kier molecular flexibility index (Phi) is 5.09. The van der Waals surface area contributed by atoms with Crippen LogP contribution in [-0.4, -0.2) is 6.67 Å². The highest BCUT2D eigenvalue weighted by molar-refractivity contribution is 5.92. The van der Waals surface area contributed by atoms with Crippen LogP contribution in [0.1, 0.15) is 30.5 Å². The van der Waals surface area contributed by atoms with Crippen LogP contribution in [0.4, 0.5) is 5.69 Å². The van der Waals surface area contributed by atoms with Crippen LogP contribution in [0.3, 0.4) is 0 Å².